The maximum absolute atomic E-state index is 9.72. The summed E-state index contributed by atoms with van der Waals surface area (Å²) in [5.74, 6) is 0.233. The van der Waals surface area contributed by atoms with Crippen LogP contribution in [0.4, 0.5) is 0 Å². The molecule has 14 heavy (non-hydrogen) atoms. The van der Waals surface area contributed by atoms with Gasteiger partial charge in [-0.25, -0.2) is 0 Å². The van der Waals surface area contributed by atoms with Crippen molar-refractivity contribution in [2.45, 2.75) is 13.0 Å². The van der Waals surface area contributed by atoms with E-state index in [4.69, 9.17) is 5.11 Å². The summed E-state index contributed by atoms with van der Waals surface area (Å²) in [7, 11) is 3.99. The van der Waals surface area contributed by atoms with Gasteiger partial charge in [-0.3, -0.25) is 0 Å². The van der Waals surface area contributed by atoms with Crippen molar-refractivity contribution in [2.75, 3.05) is 20.6 Å². The summed E-state index contributed by atoms with van der Waals surface area (Å²) in [6.07, 6.45) is 0.798. The van der Waals surface area contributed by atoms with Gasteiger partial charge in [-0.15, -0.1) is 0 Å². The Balaban J connectivity index is 2.76. The van der Waals surface area contributed by atoms with Crippen molar-refractivity contribution in [3.63, 3.8) is 0 Å². The number of aromatic hydroxyl groups is 1. The number of hydrogen-bond donors (Lipinski definition) is 2. The maximum atomic E-state index is 9.72. The van der Waals surface area contributed by atoms with E-state index in [1.165, 1.54) is 0 Å². The Labute approximate surface area is 84.6 Å². The molecule has 0 unspecified atom stereocenters. The van der Waals surface area contributed by atoms with Gasteiger partial charge in [0.25, 0.3) is 0 Å². The molecule has 1 aromatic rings. The van der Waals surface area contributed by atoms with Crippen LogP contribution in [-0.2, 0) is 13.0 Å². The van der Waals surface area contributed by atoms with Crippen molar-refractivity contribution in [1.82, 2.24) is 4.90 Å². The fourth-order valence-corrected chi connectivity index (χ4v) is 1.32. The van der Waals surface area contributed by atoms with Crippen LogP contribution in [0, 0.1) is 0 Å². The van der Waals surface area contributed by atoms with E-state index in [1.807, 2.05) is 26.2 Å². The SMILES string of the molecule is CN(C)CCc1cccc(CO)c1O. The van der Waals surface area contributed by atoms with Crippen LogP contribution < -0.4 is 0 Å². The monoisotopic (exact) mass is 195 g/mol. The van der Waals surface area contributed by atoms with Crippen molar-refractivity contribution in [1.29, 1.82) is 0 Å². The van der Waals surface area contributed by atoms with Crippen LogP contribution in [0.2, 0.25) is 0 Å². The third-order valence-corrected chi connectivity index (χ3v) is 2.20. The van der Waals surface area contributed by atoms with Gasteiger partial charge in [-0.05, 0) is 26.1 Å². The molecule has 0 spiro atoms. The van der Waals surface area contributed by atoms with Crippen LogP contribution in [0.15, 0.2) is 18.2 Å². The highest BCUT2D eigenvalue weighted by atomic mass is 16.3. The number of para-hydroxylation sites is 1. The van der Waals surface area contributed by atoms with Gasteiger partial charge in [-0.2, -0.15) is 0 Å². The van der Waals surface area contributed by atoms with Gasteiger partial charge in [0.2, 0.25) is 0 Å². The molecule has 0 atom stereocenters. The first-order valence-corrected chi connectivity index (χ1v) is 4.70. The van der Waals surface area contributed by atoms with Crippen molar-refractivity contribution < 1.29 is 10.2 Å². The minimum absolute atomic E-state index is 0.109. The van der Waals surface area contributed by atoms with Crippen LogP contribution in [0.3, 0.4) is 0 Å². The largest absolute Gasteiger partial charge is 0.507 e. The molecule has 0 fully saturated rings. The summed E-state index contributed by atoms with van der Waals surface area (Å²) < 4.78 is 0. The molecule has 78 valence electrons. The minimum atomic E-state index is -0.109. The van der Waals surface area contributed by atoms with E-state index in [0.717, 1.165) is 18.5 Å². The Hall–Kier alpha value is -1.06. The zero-order valence-corrected chi connectivity index (χ0v) is 8.70. The van der Waals surface area contributed by atoms with Gasteiger partial charge < -0.3 is 15.1 Å². The number of likely N-dealkylation sites (N-methyl/N-ethyl adjacent to an activating group) is 1. The lowest BCUT2D eigenvalue weighted by atomic mass is 10.1. The molecule has 2 N–H and O–H groups in total. The second kappa shape index (κ2) is 4.98. The van der Waals surface area contributed by atoms with E-state index in [0.29, 0.717) is 5.56 Å². The first kappa shape index (κ1) is 11.0. The maximum Gasteiger partial charge on any atom is 0.124 e. The van der Waals surface area contributed by atoms with E-state index < -0.39 is 0 Å². The molecule has 0 saturated carbocycles. The average Bonchev–Trinajstić information content (AvgIpc) is 2.16. The third kappa shape index (κ3) is 2.72. The molecule has 0 radical (unpaired) electrons. The predicted octanol–water partition coefficient (Wildman–Crippen LogP) is 0.989. The number of aliphatic hydroxyl groups excluding tert-OH is 1. The molecular formula is C11H17NO2. The van der Waals surface area contributed by atoms with Gasteiger partial charge in [-0.1, -0.05) is 18.2 Å². The lowest BCUT2D eigenvalue weighted by molar-refractivity contribution is 0.275. The molecule has 0 saturated heterocycles. The molecular weight excluding hydrogens is 178 g/mol. The zero-order valence-electron chi connectivity index (χ0n) is 8.70. The van der Waals surface area contributed by atoms with Crippen LogP contribution in [-0.4, -0.2) is 35.8 Å². The Kier molecular flexibility index (Phi) is 3.92. The number of aliphatic hydroxyl groups is 1. The fraction of sp³-hybridized carbons (Fsp3) is 0.455. The molecule has 3 nitrogen and oxygen atoms in total. The lowest BCUT2D eigenvalue weighted by Crippen LogP contribution is -2.15. The lowest BCUT2D eigenvalue weighted by Gasteiger charge is -2.11. The molecule has 0 aromatic heterocycles. The smallest absolute Gasteiger partial charge is 0.124 e. The Morgan fingerprint density at radius 3 is 2.43 bits per heavy atom. The quantitative estimate of drug-likeness (QED) is 0.753. The highest BCUT2D eigenvalue weighted by Crippen LogP contribution is 2.22. The van der Waals surface area contributed by atoms with E-state index >= 15 is 0 Å². The summed E-state index contributed by atoms with van der Waals surface area (Å²) in [6.45, 7) is 0.782. The van der Waals surface area contributed by atoms with E-state index in [9.17, 15) is 5.11 Å². The van der Waals surface area contributed by atoms with Crippen molar-refractivity contribution in [3.8, 4) is 5.75 Å². The summed E-state index contributed by atoms with van der Waals surface area (Å²) in [5.41, 5.74) is 1.49. The van der Waals surface area contributed by atoms with E-state index in [1.54, 1.807) is 6.07 Å². The molecule has 0 aliphatic heterocycles. The normalized spacial score (nSPS) is 10.9. The molecule has 3 heteroatoms. The molecule has 0 amide bonds. The molecule has 0 aliphatic rings. The molecule has 0 bridgehead atoms. The van der Waals surface area contributed by atoms with Crippen LogP contribution in [0.25, 0.3) is 0 Å². The number of hydrogen-bond acceptors (Lipinski definition) is 3. The Morgan fingerprint density at radius 1 is 1.21 bits per heavy atom. The van der Waals surface area contributed by atoms with Crippen LogP contribution in [0.5, 0.6) is 5.75 Å². The van der Waals surface area contributed by atoms with Gasteiger partial charge in [0.05, 0.1) is 6.61 Å². The average molecular weight is 195 g/mol. The fourth-order valence-electron chi connectivity index (χ4n) is 1.32. The summed E-state index contributed by atoms with van der Waals surface area (Å²) in [4.78, 5) is 2.06. The van der Waals surface area contributed by atoms with Crippen molar-refractivity contribution in [2.24, 2.45) is 0 Å². The van der Waals surface area contributed by atoms with Gasteiger partial charge in [0.15, 0.2) is 0 Å². The summed E-state index contributed by atoms with van der Waals surface area (Å²) in [5, 5.41) is 18.7. The highest BCUT2D eigenvalue weighted by molar-refractivity contribution is 5.40. The number of rotatable bonds is 4. The molecule has 1 rings (SSSR count). The number of nitrogens with zero attached hydrogens (tertiary/aromatic N) is 1. The zero-order chi connectivity index (χ0) is 10.6. The van der Waals surface area contributed by atoms with Gasteiger partial charge in [0, 0.05) is 12.1 Å². The predicted molar refractivity (Wildman–Crippen MR) is 56.3 cm³/mol. The van der Waals surface area contributed by atoms with E-state index in [-0.39, 0.29) is 12.4 Å². The summed E-state index contributed by atoms with van der Waals surface area (Å²) >= 11 is 0. The van der Waals surface area contributed by atoms with Gasteiger partial charge >= 0.3 is 0 Å². The topological polar surface area (TPSA) is 43.7 Å². The first-order valence-electron chi connectivity index (χ1n) is 4.70. The summed E-state index contributed by atoms with van der Waals surface area (Å²) in [6, 6.07) is 5.47. The van der Waals surface area contributed by atoms with Crippen LogP contribution in [0.1, 0.15) is 11.1 Å². The van der Waals surface area contributed by atoms with Crippen molar-refractivity contribution in [3.05, 3.63) is 29.3 Å². The standard InChI is InChI=1S/C11H17NO2/c1-12(2)7-6-9-4-3-5-10(8-13)11(9)14/h3-5,13-14H,6-8H2,1-2H3. The second-order valence-corrected chi connectivity index (χ2v) is 3.64. The Morgan fingerprint density at radius 2 is 1.86 bits per heavy atom. The van der Waals surface area contributed by atoms with Crippen LogP contribution >= 0.6 is 0 Å². The van der Waals surface area contributed by atoms with E-state index in [2.05, 4.69) is 4.90 Å². The third-order valence-electron chi connectivity index (χ3n) is 2.20. The minimum Gasteiger partial charge on any atom is -0.507 e. The molecule has 0 heterocycles. The molecule has 1 aromatic carbocycles. The van der Waals surface area contributed by atoms with Crippen molar-refractivity contribution >= 4 is 0 Å². The van der Waals surface area contributed by atoms with Gasteiger partial charge in [0.1, 0.15) is 5.75 Å². The second-order valence-electron chi connectivity index (χ2n) is 3.64. The Bertz CT molecular complexity index is 297. The molecule has 0 aliphatic carbocycles. The number of phenols is 1. The first-order chi connectivity index (χ1) is 6.65. The highest BCUT2D eigenvalue weighted by Gasteiger charge is 2.05. The number of benzene rings is 1.